The third kappa shape index (κ3) is 1.25. The van der Waals surface area contributed by atoms with E-state index in [0.29, 0.717) is 0 Å². The summed E-state index contributed by atoms with van der Waals surface area (Å²) in [6, 6.07) is 1.53. The number of aromatic nitrogens is 1. The van der Waals surface area contributed by atoms with E-state index < -0.39 is 3.55 Å². The molecule has 1 aliphatic rings. The van der Waals surface area contributed by atoms with Gasteiger partial charge in [-0.1, -0.05) is 0 Å². The van der Waals surface area contributed by atoms with E-state index in [1.165, 1.54) is 5.01 Å². The van der Waals surface area contributed by atoms with Crippen LogP contribution in [0.5, 0.6) is 0 Å². The number of carbonyl (C=O) groups is 1. The highest BCUT2D eigenvalue weighted by atomic mass is 127. The van der Waals surface area contributed by atoms with E-state index in [2.05, 4.69) is 32.9 Å². The Morgan fingerprint density at radius 3 is 3.14 bits per heavy atom. The van der Waals surface area contributed by atoms with Crippen molar-refractivity contribution >= 4 is 34.3 Å². The van der Waals surface area contributed by atoms with Crippen LogP contribution in [0.2, 0.25) is 0 Å². The standard InChI is InChI=1S/C8H9IN4O/c1-8(9)5-2-3-11-4-6(5)12-7(14)13(8)10/h2-4H,10H2,1H3,(H,12,14). The summed E-state index contributed by atoms with van der Waals surface area (Å²) in [6.07, 6.45) is 3.30. The lowest BCUT2D eigenvalue weighted by Gasteiger charge is -2.38. The molecule has 1 unspecified atom stereocenters. The van der Waals surface area contributed by atoms with Crippen LogP contribution in [0.1, 0.15) is 12.5 Å². The molecule has 0 aromatic carbocycles. The van der Waals surface area contributed by atoms with Crippen molar-refractivity contribution in [1.29, 1.82) is 0 Å². The molecule has 1 aliphatic heterocycles. The number of fused-ring (bicyclic) bond motifs is 1. The molecule has 1 atom stereocenters. The summed E-state index contributed by atoms with van der Waals surface area (Å²) in [7, 11) is 0. The number of hydrogen-bond acceptors (Lipinski definition) is 3. The van der Waals surface area contributed by atoms with Gasteiger partial charge in [0.1, 0.15) is 3.55 Å². The zero-order valence-electron chi connectivity index (χ0n) is 7.49. The van der Waals surface area contributed by atoms with Gasteiger partial charge in [-0.2, -0.15) is 0 Å². The second-order valence-electron chi connectivity index (χ2n) is 3.17. The lowest BCUT2D eigenvalue weighted by molar-refractivity contribution is 0.185. The summed E-state index contributed by atoms with van der Waals surface area (Å²) in [6.45, 7) is 1.88. The summed E-state index contributed by atoms with van der Waals surface area (Å²) in [5, 5.41) is 3.84. The van der Waals surface area contributed by atoms with E-state index >= 15 is 0 Å². The van der Waals surface area contributed by atoms with Crippen LogP contribution in [0.3, 0.4) is 0 Å². The Balaban J connectivity index is 2.59. The fourth-order valence-electron chi connectivity index (χ4n) is 1.39. The molecule has 0 fully saturated rings. The van der Waals surface area contributed by atoms with Crippen LogP contribution in [-0.2, 0) is 3.55 Å². The van der Waals surface area contributed by atoms with Crippen LogP contribution in [0.15, 0.2) is 18.5 Å². The molecule has 74 valence electrons. The van der Waals surface area contributed by atoms with Crippen LogP contribution in [0.4, 0.5) is 10.5 Å². The van der Waals surface area contributed by atoms with Crippen molar-refractivity contribution in [2.24, 2.45) is 5.84 Å². The molecule has 1 aromatic heterocycles. The summed E-state index contributed by atoms with van der Waals surface area (Å²) >= 11 is 2.14. The highest BCUT2D eigenvalue weighted by Gasteiger charge is 2.38. The molecular weight excluding hydrogens is 295 g/mol. The minimum absolute atomic E-state index is 0.317. The van der Waals surface area contributed by atoms with Gasteiger partial charge in [0, 0.05) is 11.8 Å². The summed E-state index contributed by atoms with van der Waals surface area (Å²) < 4.78 is -0.529. The van der Waals surface area contributed by atoms with Gasteiger partial charge in [-0.15, -0.1) is 0 Å². The smallest absolute Gasteiger partial charge is 0.305 e. The van der Waals surface area contributed by atoms with Crippen molar-refractivity contribution in [2.45, 2.75) is 10.5 Å². The van der Waals surface area contributed by atoms with Crippen LogP contribution in [0, 0.1) is 0 Å². The Morgan fingerprint density at radius 2 is 2.43 bits per heavy atom. The van der Waals surface area contributed by atoms with Gasteiger partial charge in [-0.3, -0.25) is 4.98 Å². The lowest BCUT2D eigenvalue weighted by Crippen LogP contribution is -2.53. The zero-order chi connectivity index (χ0) is 10.3. The molecule has 6 heteroatoms. The van der Waals surface area contributed by atoms with Gasteiger partial charge in [0.05, 0.1) is 11.9 Å². The van der Waals surface area contributed by atoms with E-state index in [1.807, 2.05) is 13.0 Å². The normalized spacial score (nSPS) is 25.6. The molecule has 3 N–H and O–H groups in total. The number of carbonyl (C=O) groups excluding carboxylic acids is 1. The number of hydrogen-bond donors (Lipinski definition) is 2. The van der Waals surface area contributed by atoms with E-state index in [9.17, 15) is 4.79 Å². The van der Waals surface area contributed by atoms with Crippen LogP contribution >= 0.6 is 22.6 Å². The van der Waals surface area contributed by atoms with Crippen molar-refractivity contribution in [3.05, 3.63) is 24.0 Å². The Hall–Kier alpha value is -0.890. The monoisotopic (exact) mass is 304 g/mol. The Morgan fingerprint density at radius 1 is 1.71 bits per heavy atom. The third-order valence-corrected chi connectivity index (χ3v) is 3.33. The zero-order valence-corrected chi connectivity index (χ0v) is 9.65. The fraction of sp³-hybridized carbons (Fsp3) is 0.250. The Labute approximate surface area is 94.8 Å². The SMILES string of the molecule is CC1(I)c2ccncc2NC(=O)N1N. The number of nitrogens with one attached hydrogen (secondary N) is 1. The first-order valence-corrected chi connectivity index (χ1v) is 5.10. The van der Waals surface area contributed by atoms with Gasteiger partial charge < -0.3 is 5.32 Å². The number of amides is 2. The van der Waals surface area contributed by atoms with E-state index in [1.54, 1.807) is 12.4 Å². The molecule has 0 spiro atoms. The van der Waals surface area contributed by atoms with Gasteiger partial charge in [-0.25, -0.2) is 15.6 Å². The van der Waals surface area contributed by atoms with Crippen molar-refractivity contribution in [1.82, 2.24) is 9.99 Å². The second-order valence-corrected chi connectivity index (χ2v) is 5.28. The van der Waals surface area contributed by atoms with E-state index in [4.69, 9.17) is 5.84 Å². The molecule has 0 radical (unpaired) electrons. The summed E-state index contributed by atoms with van der Waals surface area (Å²) in [5.74, 6) is 5.66. The quantitative estimate of drug-likeness (QED) is 0.250. The molecule has 0 aliphatic carbocycles. The van der Waals surface area contributed by atoms with Gasteiger partial charge in [0.2, 0.25) is 0 Å². The average Bonchev–Trinajstić information content (AvgIpc) is 2.15. The van der Waals surface area contributed by atoms with Crippen molar-refractivity contribution in [3.8, 4) is 0 Å². The largest absolute Gasteiger partial charge is 0.337 e. The minimum atomic E-state index is -0.529. The summed E-state index contributed by atoms with van der Waals surface area (Å²) in [5.41, 5.74) is 1.67. The van der Waals surface area contributed by atoms with E-state index in [0.717, 1.165) is 11.3 Å². The molecule has 1 aromatic rings. The predicted octanol–water partition coefficient (Wildman–Crippen LogP) is 1.41. The Kier molecular flexibility index (Phi) is 2.11. The molecule has 2 rings (SSSR count). The number of urea groups is 1. The number of nitrogens with two attached hydrogens (primary N) is 1. The lowest BCUT2D eigenvalue weighted by atomic mass is 10.1. The topological polar surface area (TPSA) is 71.2 Å². The highest BCUT2D eigenvalue weighted by Crippen LogP contribution is 2.40. The molecule has 5 nitrogen and oxygen atoms in total. The van der Waals surface area contributed by atoms with E-state index in [-0.39, 0.29) is 6.03 Å². The maximum Gasteiger partial charge on any atom is 0.337 e. The van der Waals surface area contributed by atoms with Crippen LogP contribution in [-0.4, -0.2) is 16.0 Å². The molecule has 0 bridgehead atoms. The number of anilines is 1. The minimum Gasteiger partial charge on any atom is -0.305 e. The van der Waals surface area contributed by atoms with Crippen molar-refractivity contribution in [3.63, 3.8) is 0 Å². The number of rotatable bonds is 0. The summed E-state index contributed by atoms with van der Waals surface area (Å²) in [4.78, 5) is 15.4. The van der Waals surface area contributed by atoms with Gasteiger partial charge in [-0.05, 0) is 35.6 Å². The van der Waals surface area contributed by atoms with Crippen LogP contribution < -0.4 is 11.2 Å². The highest BCUT2D eigenvalue weighted by molar-refractivity contribution is 14.1. The maximum absolute atomic E-state index is 11.4. The third-order valence-electron chi connectivity index (χ3n) is 2.23. The first-order chi connectivity index (χ1) is 6.53. The van der Waals surface area contributed by atoms with Gasteiger partial charge in [0.15, 0.2) is 0 Å². The first-order valence-electron chi connectivity index (χ1n) is 4.03. The molecule has 0 saturated heterocycles. The number of hydrazine groups is 1. The Bertz CT molecular complexity index is 393. The predicted molar refractivity (Wildman–Crippen MR) is 60.7 cm³/mol. The number of halogens is 1. The molecular formula is C8H9IN4O. The second kappa shape index (κ2) is 3.06. The number of pyridine rings is 1. The van der Waals surface area contributed by atoms with Crippen molar-refractivity contribution < 1.29 is 4.79 Å². The molecule has 0 saturated carbocycles. The first kappa shape index (κ1) is 9.66. The fourth-order valence-corrected chi connectivity index (χ4v) is 2.08. The molecule has 2 amide bonds. The maximum atomic E-state index is 11.4. The van der Waals surface area contributed by atoms with Crippen LogP contribution in [0.25, 0.3) is 0 Å². The number of alkyl halides is 1. The molecule has 2 heterocycles. The number of nitrogens with zero attached hydrogens (tertiary/aromatic N) is 2. The average molecular weight is 304 g/mol. The molecule has 14 heavy (non-hydrogen) atoms. The van der Waals surface area contributed by atoms with Crippen molar-refractivity contribution in [2.75, 3.05) is 5.32 Å². The van der Waals surface area contributed by atoms with Gasteiger partial charge >= 0.3 is 6.03 Å². The van der Waals surface area contributed by atoms with Gasteiger partial charge in [0.25, 0.3) is 0 Å².